The molecule has 0 bridgehead atoms. The van der Waals surface area contributed by atoms with Gasteiger partial charge in [0.25, 0.3) is 0 Å². The summed E-state index contributed by atoms with van der Waals surface area (Å²) in [5, 5.41) is 21.8. The third-order valence-electron chi connectivity index (χ3n) is 3.71. The first-order valence-electron chi connectivity index (χ1n) is 6.31. The van der Waals surface area contributed by atoms with Gasteiger partial charge < -0.3 is 15.5 Å². The highest BCUT2D eigenvalue weighted by molar-refractivity contribution is 9.10. The number of nitrogens with one attached hydrogen (secondary N) is 1. The van der Waals surface area contributed by atoms with Crippen LogP contribution in [0.1, 0.15) is 31.2 Å². The predicted octanol–water partition coefficient (Wildman–Crippen LogP) is 2.03. The SMILES string of the molecule is CC(CO)(CO)NC1CC(c2cccc(Br)c2)C1. The fraction of sp³-hybridized carbons (Fsp3) is 0.571. The highest BCUT2D eigenvalue weighted by Crippen LogP contribution is 2.38. The van der Waals surface area contributed by atoms with Crippen molar-refractivity contribution in [2.75, 3.05) is 13.2 Å². The number of aliphatic hydroxyl groups is 2. The Bertz CT molecular complexity index is 401. The van der Waals surface area contributed by atoms with Gasteiger partial charge in [0.1, 0.15) is 0 Å². The number of aliphatic hydroxyl groups excluding tert-OH is 2. The second-order valence-corrected chi connectivity index (χ2v) is 6.36. The predicted molar refractivity (Wildman–Crippen MR) is 75.6 cm³/mol. The van der Waals surface area contributed by atoms with Crippen LogP contribution in [0.5, 0.6) is 0 Å². The molecule has 0 aromatic heterocycles. The van der Waals surface area contributed by atoms with Gasteiger partial charge in [-0.2, -0.15) is 0 Å². The van der Waals surface area contributed by atoms with E-state index in [4.69, 9.17) is 0 Å². The molecule has 3 N–H and O–H groups in total. The molecule has 1 saturated carbocycles. The van der Waals surface area contributed by atoms with Gasteiger partial charge in [-0.3, -0.25) is 0 Å². The Morgan fingerprint density at radius 3 is 2.56 bits per heavy atom. The quantitative estimate of drug-likeness (QED) is 0.779. The summed E-state index contributed by atoms with van der Waals surface area (Å²) in [7, 11) is 0. The van der Waals surface area contributed by atoms with Crippen molar-refractivity contribution in [3.8, 4) is 0 Å². The van der Waals surface area contributed by atoms with Crippen molar-refractivity contribution >= 4 is 15.9 Å². The molecule has 0 amide bonds. The summed E-state index contributed by atoms with van der Waals surface area (Å²) in [6, 6.07) is 8.80. The van der Waals surface area contributed by atoms with Crippen LogP contribution in [-0.4, -0.2) is 35.0 Å². The molecule has 0 atom stereocenters. The topological polar surface area (TPSA) is 52.5 Å². The molecular formula is C14H20BrNO2. The molecule has 1 aliphatic carbocycles. The van der Waals surface area contributed by atoms with E-state index < -0.39 is 5.54 Å². The summed E-state index contributed by atoms with van der Waals surface area (Å²) in [6.45, 7) is 1.77. The van der Waals surface area contributed by atoms with Crippen molar-refractivity contribution in [3.63, 3.8) is 0 Å². The van der Waals surface area contributed by atoms with E-state index in [9.17, 15) is 10.2 Å². The molecule has 1 aromatic carbocycles. The summed E-state index contributed by atoms with van der Waals surface area (Å²) in [6.07, 6.45) is 2.12. The number of hydrogen-bond donors (Lipinski definition) is 3. The van der Waals surface area contributed by atoms with E-state index in [1.807, 2.05) is 13.0 Å². The first kappa shape index (κ1) is 14.0. The first-order valence-corrected chi connectivity index (χ1v) is 7.10. The van der Waals surface area contributed by atoms with Gasteiger partial charge in [-0.25, -0.2) is 0 Å². The summed E-state index contributed by atoms with van der Waals surface area (Å²) >= 11 is 3.49. The molecule has 18 heavy (non-hydrogen) atoms. The van der Waals surface area contributed by atoms with Gasteiger partial charge in [0.2, 0.25) is 0 Å². The van der Waals surface area contributed by atoms with E-state index in [1.165, 1.54) is 5.56 Å². The zero-order valence-electron chi connectivity index (χ0n) is 10.6. The summed E-state index contributed by atoms with van der Waals surface area (Å²) < 4.78 is 1.12. The van der Waals surface area contributed by atoms with Crippen LogP contribution in [0.2, 0.25) is 0 Å². The smallest absolute Gasteiger partial charge is 0.0633 e. The zero-order valence-corrected chi connectivity index (χ0v) is 12.2. The average molecular weight is 314 g/mol. The van der Waals surface area contributed by atoms with E-state index in [-0.39, 0.29) is 13.2 Å². The van der Waals surface area contributed by atoms with Gasteiger partial charge in [0.05, 0.1) is 18.8 Å². The van der Waals surface area contributed by atoms with E-state index in [0.717, 1.165) is 17.3 Å². The number of hydrogen-bond acceptors (Lipinski definition) is 3. The lowest BCUT2D eigenvalue weighted by atomic mass is 9.75. The van der Waals surface area contributed by atoms with Crippen molar-refractivity contribution in [3.05, 3.63) is 34.3 Å². The van der Waals surface area contributed by atoms with Crippen molar-refractivity contribution in [2.45, 2.75) is 37.3 Å². The second kappa shape index (κ2) is 5.70. The highest BCUT2D eigenvalue weighted by atomic mass is 79.9. The fourth-order valence-electron chi connectivity index (χ4n) is 2.40. The Labute approximate surface area is 116 Å². The van der Waals surface area contributed by atoms with Gasteiger partial charge in [-0.15, -0.1) is 0 Å². The van der Waals surface area contributed by atoms with Crippen molar-refractivity contribution in [1.29, 1.82) is 0 Å². The van der Waals surface area contributed by atoms with Gasteiger partial charge in [-0.05, 0) is 43.4 Å². The standard InChI is InChI=1S/C14H20BrNO2/c1-14(8-17,9-18)16-13-6-11(7-13)10-3-2-4-12(15)5-10/h2-5,11,13,16-18H,6-9H2,1H3. The fourth-order valence-corrected chi connectivity index (χ4v) is 2.82. The maximum atomic E-state index is 9.24. The summed E-state index contributed by atoms with van der Waals surface area (Å²) in [5.41, 5.74) is 0.796. The number of halogens is 1. The molecule has 0 unspecified atom stereocenters. The Kier molecular flexibility index (Phi) is 4.43. The maximum Gasteiger partial charge on any atom is 0.0633 e. The van der Waals surface area contributed by atoms with E-state index in [1.54, 1.807) is 0 Å². The molecule has 0 radical (unpaired) electrons. The maximum absolute atomic E-state index is 9.24. The van der Waals surface area contributed by atoms with Gasteiger partial charge in [-0.1, -0.05) is 28.1 Å². The van der Waals surface area contributed by atoms with Crippen LogP contribution in [0.4, 0.5) is 0 Å². The monoisotopic (exact) mass is 313 g/mol. The minimum Gasteiger partial charge on any atom is -0.394 e. The molecule has 0 heterocycles. The minimum atomic E-state index is -0.563. The lowest BCUT2D eigenvalue weighted by molar-refractivity contribution is 0.0780. The Morgan fingerprint density at radius 2 is 2.00 bits per heavy atom. The van der Waals surface area contributed by atoms with E-state index in [2.05, 4.69) is 39.4 Å². The van der Waals surface area contributed by atoms with Crippen LogP contribution in [-0.2, 0) is 0 Å². The highest BCUT2D eigenvalue weighted by Gasteiger charge is 2.35. The van der Waals surface area contributed by atoms with Crippen LogP contribution < -0.4 is 5.32 Å². The van der Waals surface area contributed by atoms with Crippen LogP contribution in [0.25, 0.3) is 0 Å². The van der Waals surface area contributed by atoms with E-state index in [0.29, 0.717) is 12.0 Å². The summed E-state index contributed by atoms with van der Waals surface area (Å²) in [5.74, 6) is 0.585. The Balaban J connectivity index is 1.87. The largest absolute Gasteiger partial charge is 0.394 e. The molecule has 4 heteroatoms. The third kappa shape index (κ3) is 3.12. The van der Waals surface area contributed by atoms with Gasteiger partial charge in [0.15, 0.2) is 0 Å². The molecule has 1 fully saturated rings. The molecule has 2 rings (SSSR count). The van der Waals surface area contributed by atoms with Gasteiger partial charge in [0, 0.05) is 10.5 Å². The molecule has 100 valence electrons. The first-order chi connectivity index (χ1) is 8.56. The second-order valence-electron chi connectivity index (χ2n) is 5.44. The van der Waals surface area contributed by atoms with Crippen LogP contribution in [0.15, 0.2) is 28.7 Å². The lowest BCUT2D eigenvalue weighted by Gasteiger charge is -2.41. The van der Waals surface area contributed by atoms with E-state index >= 15 is 0 Å². The minimum absolute atomic E-state index is 0.0401. The molecule has 0 spiro atoms. The lowest BCUT2D eigenvalue weighted by Crippen LogP contribution is -2.56. The molecular weight excluding hydrogens is 294 g/mol. The Morgan fingerprint density at radius 1 is 1.33 bits per heavy atom. The molecule has 0 saturated heterocycles. The van der Waals surface area contributed by atoms with Gasteiger partial charge >= 0.3 is 0 Å². The summed E-state index contributed by atoms with van der Waals surface area (Å²) in [4.78, 5) is 0. The molecule has 1 aliphatic rings. The van der Waals surface area contributed by atoms with Crippen molar-refractivity contribution in [1.82, 2.24) is 5.32 Å². The van der Waals surface area contributed by atoms with Crippen molar-refractivity contribution in [2.24, 2.45) is 0 Å². The van der Waals surface area contributed by atoms with Crippen molar-refractivity contribution < 1.29 is 10.2 Å². The molecule has 1 aromatic rings. The van der Waals surface area contributed by atoms with Crippen LogP contribution >= 0.6 is 15.9 Å². The number of rotatable bonds is 5. The Hall–Kier alpha value is -0.420. The number of benzene rings is 1. The zero-order chi connectivity index (χ0) is 13.2. The normalized spacial score (nSPS) is 23.8. The molecule has 3 nitrogen and oxygen atoms in total. The molecule has 0 aliphatic heterocycles. The van der Waals surface area contributed by atoms with Crippen LogP contribution in [0.3, 0.4) is 0 Å². The average Bonchev–Trinajstić information content (AvgIpc) is 2.33. The van der Waals surface area contributed by atoms with Crippen LogP contribution in [0, 0.1) is 0 Å². The third-order valence-corrected chi connectivity index (χ3v) is 4.20.